The fourth-order valence-corrected chi connectivity index (χ4v) is 2.63. The van der Waals surface area contributed by atoms with E-state index in [1.807, 2.05) is 36.1 Å². The normalized spacial score (nSPS) is 16.6. The molecule has 1 aromatic carbocycles. The van der Waals surface area contributed by atoms with E-state index >= 15 is 0 Å². The highest BCUT2D eigenvalue weighted by molar-refractivity contribution is 5.94. The van der Waals surface area contributed by atoms with Crippen LogP contribution in [-0.2, 0) is 0 Å². The molecule has 3 heteroatoms. The minimum Gasteiger partial charge on any atom is -0.336 e. The van der Waals surface area contributed by atoms with Gasteiger partial charge in [0, 0.05) is 18.2 Å². The van der Waals surface area contributed by atoms with Gasteiger partial charge in [0.2, 0.25) is 0 Å². The van der Waals surface area contributed by atoms with E-state index in [2.05, 4.69) is 12.2 Å². The maximum Gasteiger partial charge on any atom is 0.254 e. The van der Waals surface area contributed by atoms with Crippen molar-refractivity contribution in [1.29, 1.82) is 0 Å². The molecule has 1 heterocycles. The summed E-state index contributed by atoms with van der Waals surface area (Å²) >= 11 is 0. The maximum atomic E-state index is 12.5. The number of carbonyl (C=O) groups excluding carboxylic acids is 1. The lowest BCUT2D eigenvalue weighted by atomic mass is 10.0. The maximum absolute atomic E-state index is 12.5. The fourth-order valence-electron chi connectivity index (χ4n) is 2.63. The molecule has 0 spiro atoms. The molecule has 18 heavy (non-hydrogen) atoms. The third kappa shape index (κ3) is 2.91. The van der Waals surface area contributed by atoms with Crippen molar-refractivity contribution in [2.45, 2.75) is 32.7 Å². The summed E-state index contributed by atoms with van der Waals surface area (Å²) in [6, 6.07) is 8.27. The number of hydrogen-bond donors (Lipinski definition) is 1. The first-order chi connectivity index (χ1) is 8.72. The van der Waals surface area contributed by atoms with Crippen LogP contribution in [0.5, 0.6) is 0 Å². The Balaban J connectivity index is 2.14. The van der Waals surface area contributed by atoms with Crippen LogP contribution in [0.1, 0.15) is 35.7 Å². The zero-order chi connectivity index (χ0) is 13.0. The highest BCUT2D eigenvalue weighted by Gasteiger charge is 2.24. The van der Waals surface area contributed by atoms with E-state index in [-0.39, 0.29) is 5.91 Å². The molecule has 0 bridgehead atoms. The summed E-state index contributed by atoms with van der Waals surface area (Å²) in [5, 5.41) is 3.34. The van der Waals surface area contributed by atoms with Crippen LogP contribution >= 0.6 is 0 Å². The second-order valence-electron chi connectivity index (χ2n) is 4.94. The smallest absolute Gasteiger partial charge is 0.254 e. The number of rotatable bonds is 3. The average Bonchev–Trinajstić information content (AvgIpc) is 2.41. The molecule has 0 atom stereocenters. The number of aryl methyl sites for hydroxylation is 1. The van der Waals surface area contributed by atoms with Crippen LogP contribution in [0.3, 0.4) is 0 Å². The molecular weight excluding hydrogens is 224 g/mol. The molecular formula is C15H22N2O. The van der Waals surface area contributed by atoms with Crippen LogP contribution in [0, 0.1) is 6.92 Å². The van der Waals surface area contributed by atoms with E-state index in [1.54, 1.807) is 0 Å². The van der Waals surface area contributed by atoms with Crippen LogP contribution < -0.4 is 5.32 Å². The topological polar surface area (TPSA) is 32.3 Å². The summed E-state index contributed by atoms with van der Waals surface area (Å²) in [7, 11) is 0. The Morgan fingerprint density at radius 3 is 2.72 bits per heavy atom. The molecule has 0 aromatic heterocycles. The van der Waals surface area contributed by atoms with Crippen LogP contribution in [-0.4, -0.2) is 36.5 Å². The Labute approximate surface area is 109 Å². The lowest BCUT2D eigenvalue weighted by Gasteiger charge is -2.34. The third-order valence-electron chi connectivity index (χ3n) is 3.62. The molecule has 1 saturated heterocycles. The Bertz CT molecular complexity index is 411. The van der Waals surface area contributed by atoms with Crippen molar-refractivity contribution >= 4 is 5.91 Å². The molecule has 1 aromatic rings. The molecule has 1 aliphatic rings. The molecule has 98 valence electrons. The largest absolute Gasteiger partial charge is 0.336 e. The third-order valence-corrected chi connectivity index (χ3v) is 3.62. The van der Waals surface area contributed by atoms with E-state index in [0.29, 0.717) is 6.04 Å². The van der Waals surface area contributed by atoms with Gasteiger partial charge in [0.1, 0.15) is 0 Å². The molecule has 0 aliphatic carbocycles. The van der Waals surface area contributed by atoms with Gasteiger partial charge >= 0.3 is 0 Å². The van der Waals surface area contributed by atoms with Crippen LogP contribution in [0.4, 0.5) is 0 Å². The van der Waals surface area contributed by atoms with Crippen molar-refractivity contribution < 1.29 is 4.79 Å². The van der Waals surface area contributed by atoms with Gasteiger partial charge in [-0.25, -0.2) is 0 Å². The van der Waals surface area contributed by atoms with Gasteiger partial charge in [-0.05, 0) is 51.9 Å². The van der Waals surface area contributed by atoms with E-state index in [4.69, 9.17) is 0 Å². The van der Waals surface area contributed by atoms with Gasteiger partial charge in [-0.3, -0.25) is 4.79 Å². The monoisotopic (exact) mass is 246 g/mol. The van der Waals surface area contributed by atoms with Crippen molar-refractivity contribution in [3.63, 3.8) is 0 Å². The van der Waals surface area contributed by atoms with E-state index < -0.39 is 0 Å². The van der Waals surface area contributed by atoms with Gasteiger partial charge < -0.3 is 10.2 Å². The van der Waals surface area contributed by atoms with E-state index in [9.17, 15) is 4.79 Å². The molecule has 1 fully saturated rings. The summed E-state index contributed by atoms with van der Waals surface area (Å²) in [4.78, 5) is 14.6. The number of nitrogens with zero attached hydrogens (tertiary/aromatic N) is 1. The Morgan fingerprint density at radius 2 is 2.11 bits per heavy atom. The second kappa shape index (κ2) is 6.01. The Morgan fingerprint density at radius 1 is 1.39 bits per heavy atom. The second-order valence-corrected chi connectivity index (χ2v) is 4.94. The first kappa shape index (κ1) is 13.1. The van der Waals surface area contributed by atoms with Crippen molar-refractivity contribution in [2.24, 2.45) is 0 Å². The number of amides is 1. The molecule has 0 saturated carbocycles. The van der Waals surface area contributed by atoms with Crippen molar-refractivity contribution in [3.05, 3.63) is 35.4 Å². The standard InChI is InChI=1S/C15H22N2O/c1-3-17(14-7-9-16-10-8-14)15(18)13-6-4-5-12(2)11-13/h4-6,11,14,16H,3,7-10H2,1-2H3. The number of benzene rings is 1. The summed E-state index contributed by atoms with van der Waals surface area (Å²) in [5.41, 5.74) is 1.96. The van der Waals surface area contributed by atoms with Gasteiger partial charge in [0.05, 0.1) is 0 Å². The van der Waals surface area contributed by atoms with Crippen molar-refractivity contribution in [3.8, 4) is 0 Å². The number of carbonyl (C=O) groups is 1. The average molecular weight is 246 g/mol. The van der Waals surface area contributed by atoms with Crippen molar-refractivity contribution in [2.75, 3.05) is 19.6 Å². The van der Waals surface area contributed by atoms with Gasteiger partial charge in [0.25, 0.3) is 5.91 Å². The zero-order valence-electron chi connectivity index (χ0n) is 11.3. The molecule has 0 radical (unpaired) electrons. The summed E-state index contributed by atoms with van der Waals surface area (Å²) in [6.07, 6.45) is 2.12. The lowest BCUT2D eigenvalue weighted by molar-refractivity contribution is 0.0656. The molecule has 1 amide bonds. The first-order valence-corrected chi connectivity index (χ1v) is 6.80. The number of nitrogens with one attached hydrogen (secondary N) is 1. The summed E-state index contributed by atoms with van der Waals surface area (Å²) in [5.74, 6) is 0.174. The van der Waals surface area contributed by atoms with Gasteiger partial charge in [-0.2, -0.15) is 0 Å². The predicted molar refractivity (Wildman–Crippen MR) is 73.8 cm³/mol. The summed E-state index contributed by atoms with van der Waals surface area (Å²) in [6.45, 7) is 6.91. The Hall–Kier alpha value is -1.35. The summed E-state index contributed by atoms with van der Waals surface area (Å²) < 4.78 is 0. The van der Waals surface area contributed by atoms with Gasteiger partial charge in [0.15, 0.2) is 0 Å². The lowest BCUT2D eigenvalue weighted by Crippen LogP contribution is -2.46. The Kier molecular flexibility index (Phi) is 4.37. The fraction of sp³-hybridized carbons (Fsp3) is 0.533. The van der Waals surface area contributed by atoms with Gasteiger partial charge in [-0.1, -0.05) is 17.7 Å². The number of piperidine rings is 1. The van der Waals surface area contributed by atoms with Crippen molar-refractivity contribution in [1.82, 2.24) is 10.2 Å². The highest BCUT2D eigenvalue weighted by Crippen LogP contribution is 2.16. The van der Waals surface area contributed by atoms with Crippen LogP contribution in [0.15, 0.2) is 24.3 Å². The SMILES string of the molecule is CCN(C(=O)c1cccc(C)c1)C1CCNCC1. The molecule has 3 nitrogen and oxygen atoms in total. The predicted octanol–water partition coefficient (Wildman–Crippen LogP) is 2.21. The molecule has 1 aliphatic heterocycles. The minimum absolute atomic E-state index is 0.174. The first-order valence-electron chi connectivity index (χ1n) is 6.80. The van der Waals surface area contributed by atoms with E-state index in [0.717, 1.165) is 43.6 Å². The van der Waals surface area contributed by atoms with E-state index in [1.165, 1.54) is 0 Å². The minimum atomic E-state index is 0.174. The molecule has 1 N–H and O–H groups in total. The quantitative estimate of drug-likeness (QED) is 0.887. The molecule has 0 unspecified atom stereocenters. The van der Waals surface area contributed by atoms with Gasteiger partial charge in [-0.15, -0.1) is 0 Å². The highest BCUT2D eigenvalue weighted by atomic mass is 16.2. The number of hydrogen-bond acceptors (Lipinski definition) is 2. The van der Waals surface area contributed by atoms with Crippen LogP contribution in [0.25, 0.3) is 0 Å². The molecule has 2 rings (SSSR count). The zero-order valence-corrected chi connectivity index (χ0v) is 11.3. The van der Waals surface area contributed by atoms with Crippen LogP contribution in [0.2, 0.25) is 0 Å².